The molecule has 0 radical (unpaired) electrons. The fraction of sp³-hybridized carbons (Fsp3) is 0.607. The molecule has 202 valence electrons. The Hall–Kier alpha value is -3.23. The smallest absolute Gasteiger partial charge is 0.289 e. The second-order valence-corrected chi connectivity index (χ2v) is 11.6. The van der Waals surface area contributed by atoms with E-state index in [0.29, 0.717) is 19.4 Å². The van der Waals surface area contributed by atoms with Crippen LogP contribution in [0.15, 0.2) is 30.3 Å². The lowest BCUT2D eigenvalue weighted by molar-refractivity contribution is -0.141. The van der Waals surface area contributed by atoms with Gasteiger partial charge in [-0.15, -0.1) is 0 Å². The van der Waals surface area contributed by atoms with Gasteiger partial charge in [0.05, 0.1) is 6.04 Å². The third-order valence-corrected chi connectivity index (χ3v) is 6.78. The number of nitrogens with one attached hydrogen (secondary N) is 4. The van der Waals surface area contributed by atoms with Gasteiger partial charge in [0, 0.05) is 24.9 Å². The third-order valence-electron chi connectivity index (χ3n) is 6.78. The first kappa shape index (κ1) is 28.3. The highest BCUT2D eigenvalue weighted by molar-refractivity contribution is 6.38. The molecule has 1 aromatic rings. The molecule has 1 aliphatic carbocycles. The maximum atomic E-state index is 13.4. The molecule has 0 spiro atoms. The van der Waals surface area contributed by atoms with Crippen molar-refractivity contribution >= 4 is 29.4 Å². The fourth-order valence-electron chi connectivity index (χ4n) is 4.55. The first-order valence-corrected chi connectivity index (χ1v) is 13.2. The van der Waals surface area contributed by atoms with E-state index in [-0.39, 0.29) is 42.0 Å². The summed E-state index contributed by atoms with van der Waals surface area (Å²) in [5.74, 6) is -3.02. The van der Waals surface area contributed by atoms with Crippen molar-refractivity contribution in [3.63, 3.8) is 0 Å². The molecule has 2 aliphatic rings. The van der Waals surface area contributed by atoms with Crippen molar-refractivity contribution in [3.8, 4) is 0 Å². The van der Waals surface area contributed by atoms with Crippen LogP contribution in [0, 0.1) is 11.3 Å². The second-order valence-electron chi connectivity index (χ2n) is 11.6. The van der Waals surface area contributed by atoms with Crippen LogP contribution in [0.3, 0.4) is 0 Å². The quantitative estimate of drug-likeness (QED) is 0.318. The van der Waals surface area contributed by atoms with Crippen molar-refractivity contribution in [3.05, 3.63) is 35.9 Å². The average molecular weight is 513 g/mol. The Bertz CT molecular complexity index is 1000. The van der Waals surface area contributed by atoms with Gasteiger partial charge < -0.3 is 21.3 Å². The highest BCUT2D eigenvalue weighted by atomic mass is 16.2. The van der Waals surface area contributed by atoms with E-state index in [0.717, 1.165) is 18.4 Å². The lowest BCUT2D eigenvalue weighted by Crippen LogP contribution is -2.55. The van der Waals surface area contributed by atoms with Crippen LogP contribution < -0.4 is 21.3 Å². The standard InChI is InChI=1S/C28H40N4O5/c1-17(18-8-6-5-7-9-18)14-23(33)31-22(16-28(2,3)4)26(36)32-21(15-19-12-13-29-25(19)35)24(34)27(37)30-20-10-11-20/h5-9,17,19-22H,10-16H2,1-4H3,(H,29,35)(H,30,37)(H,31,33)(H,32,36)/t17-,19+,21?,22+/m1/s1. The number of carbonyl (C=O) groups excluding carboxylic acids is 5. The first-order valence-electron chi connectivity index (χ1n) is 13.2. The minimum absolute atomic E-state index is 0.0119. The zero-order valence-electron chi connectivity index (χ0n) is 22.3. The zero-order chi connectivity index (χ0) is 27.2. The van der Waals surface area contributed by atoms with Crippen molar-refractivity contribution < 1.29 is 24.0 Å². The number of hydrogen-bond acceptors (Lipinski definition) is 5. The Kier molecular flexibility index (Phi) is 9.45. The molecule has 4 atom stereocenters. The van der Waals surface area contributed by atoms with E-state index < -0.39 is 35.6 Å². The van der Waals surface area contributed by atoms with E-state index in [2.05, 4.69) is 21.3 Å². The van der Waals surface area contributed by atoms with Gasteiger partial charge in [0.2, 0.25) is 23.5 Å². The summed E-state index contributed by atoms with van der Waals surface area (Å²) in [5, 5.41) is 11.0. The Labute approximate surface area is 218 Å². The number of amides is 4. The lowest BCUT2D eigenvalue weighted by atomic mass is 9.87. The number of ketones is 1. The van der Waals surface area contributed by atoms with Crippen molar-refractivity contribution in [2.75, 3.05) is 6.54 Å². The SMILES string of the molecule is C[C@H](CC(=O)N[C@@H](CC(C)(C)C)C(=O)NC(C[C@@H]1CCNC1=O)C(=O)C(=O)NC1CC1)c1ccccc1. The summed E-state index contributed by atoms with van der Waals surface area (Å²) >= 11 is 0. The van der Waals surface area contributed by atoms with E-state index in [1.807, 2.05) is 58.0 Å². The van der Waals surface area contributed by atoms with Crippen molar-refractivity contribution in [2.45, 2.75) is 90.3 Å². The molecule has 0 bridgehead atoms. The van der Waals surface area contributed by atoms with Crippen LogP contribution in [0.25, 0.3) is 0 Å². The second kappa shape index (κ2) is 12.3. The molecule has 9 heteroatoms. The number of Topliss-reactive ketones (excluding diaryl/α,β-unsaturated/α-hetero) is 1. The predicted molar refractivity (Wildman–Crippen MR) is 139 cm³/mol. The minimum atomic E-state index is -1.15. The van der Waals surface area contributed by atoms with Crippen LogP contribution in [0.2, 0.25) is 0 Å². The molecule has 1 saturated carbocycles. The molecule has 4 N–H and O–H groups in total. The molecule has 1 aliphatic heterocycles. The van der Waals surface area contributed by atoms with Gasteiger partial charge in [-0.05, 0) is 49.0 Å². The summed E-state index contributed by atoms with van der Waals surface area (Å²) in [6.07, 6.45) is 2.75. The molecule has 0 aromatic heterocycles. The Morgan fingerprint density at radius 1 is 1.00 bits per heavy atom. The Morgan fingerprint density at radius 3 is 2.24 bits per heavy atom. The molecule has 1 heterocycles. The molecule has 1 saturated heterocycles. The van der Waals surface area contributed by atoms with Gasteiger partial charge in [0.1, 0.15) is 6.04 Å². The van der Waals surface area contributed by atoms with Gasteiger partial charge in [0.15, 0.2) is 0 Å². The first-order chi connectivity index (χ1) is 17.4. The molecule has 1 unspecified atom stereocenters. The van der Waals surface area contributed by atoms with Gasteiger partial charge in [-0.2, -0.15) is 0 Å². The summed E-state index contributed by atoms with van der Waals surface area (Å²) < 4.78 is 0. The van der Waals surface area contributed by atoms with Crippen molar-refractivity contribution in [2.24, 2.45) is 11.3 Å². The van der Waals surface area contributed by atoms with E-state index in [4.69, 9.17) is 0 Å². The molecule has 1 aromatic carbocycles. The number of hydrogen-bond donors (Lipinski definition) is 4. The minimum Gasteiger partial charge on any atom is -0.356 e. The Morgan fingerprint density at radius 2 is 1.68 bits per heavy atom. The molecule has 2 fully saturated rings. The summed E-state index contributed by atoms with van der Waals surface area (Å²) in [6.45, 7) is 8.32. The zero-order valence-corrected chi connectivity index (χ0v) is 22.3. The van der Waals surface area contributed by atoms with E-state index in [1.165, 1.54) is 0 Å². The van der Waals surface area contributed by atoms with E-state index in [9.17, 15) is 24.0 Å². The summed E-state index contributed by atoms with van der Waals surface area (Å²) in [4.78, 5) is 64.1. The Balaban J connectivity index is 1.71. The van der Waals surface area contributed by atoms with Crippen LogP contribution in [-0.4, -0.2) is 54.1 Å². The average Bonchev–Trinajstić information content (AvgIpc) is 3.56. The monoisotopic (exact) mass is 512 g/mol. The van der Waals surface area contributed by atoms with Gasteiger partial charge in [-0.1, -0.05) is 58.0 Å². The third kappa shape index (κ3) is 8.98. The van der Waals surface area contributed by atoms with Crippen molar-refractivity contribution in [1.29, 1.82) is 0 Å². The van der Waals surface area contributed by atoms with Crippen LogP contribution in [-0.2, 0) is 24.0 Å². The fourth-order valence-corrected chi connectivity index (χ4v) is 4.55. The molecular weight excluding hydrogens is 472 g/mol. The lowest BCUT2D eigenvalue weighted by Gasteiger charge is -2.28. The highest BCUT2D eigenvalue weighted by Crippen LogP contribution is 2.24. The molecule has 37 heavy (non-hydrogen) atoms. The van der Waals surface area contributed by atoms with E-state index >= 15 is 0 Å². The summed E-state index contributed by atoms with van der Waals surface area (Å²) in [7, 11) is 0. The molecule has 3 rings (SSSR count). The largest absolute Gasteiger partial charge is 0.356 e. The molecular formula is C28H40N4O5. The maximum absolute atomic E-state index is 13.4. The van der Waals surface area contributed by atoms with Crippen LogP contribution in [0.1, 0.15) is 77.7 Å². The van der Waals surface area contributed by atoms with Crippen LogP contribution in [0.4, 0.5) is 0 Å². The summed E-state index contributed by atoms with van der Waals surface area (Å²) in [5.41, 5.74) is 0.728. The van der Waals surface area contributed by atoms with Gasteiger partial charge in [-0.25, -0.2) is 0 Å². The van der Waals surface area contributed by atoms with Crippen LogP contribution >= 0.6 is 0 Å². The van der Waals surface area contributed by atoms with Gasteiger partial charge in [-0.3, -0.25) is 24.0 Å². The highest BCUT2D eigenvalue weighted by Gasteiger charge is 2.37. The maximum Gasteiger partial charge on any atom is 0.289 e. The van der Waals surface area contributed by atoms with Gasteiger partial charge in [0.25, 0.3) is 5.91 Å². The number of carbonyl (C=O) groups is 5. The number of benzene rings is 1. The molecule has 9 nitrogen and oxygen atoms in total. The topological polar surface area (TPSA) is 133 Å². The predicted octanol–water partition coefficient (Wildman–Crippen LogP) is 1.96. The van der Waals surface area contributed by atoms with Gasteiger partial charge >= 0.3 is 0 Å². The number of rotatable bonds is 12. The summed E-state index contributed by atoms with van der Waals surface area (Å²) in [6, 6.07) is 7.61. The van der Waals surface area contributed by atoms with Crippen molar-refractivity contribution in [1.82, 2.24) is 21.3 Å². The van der Waals surface area contributed by atoms with E-state index in [1.54, 1.807) is 0 Å². The molecule has 4 amide bonds. The normalized spacial score (nSPS) is 19.8. The van der Waals surface area contributed by atoms with Crippen LogP contribution in [0.5, 0.6) is 0 Å².